The summed E-state index contributed by atoms with van der Waals surface area (Å²) in [6.07, 6.45) is 0. The Balaban J connectivity index is 2.17. The first-order valence-corrected chi connectivity index (χ1v) is 10.1. The zero-order valence-electron chi connectivity index (χ0n) is 15.5. The smallest absolute Gasteiger partial charge is 0.0431 e. The van der Waals surface area contributed by atoms with E-state index in [1.807, 2.05) is 0 Å². The van der Waals surface area contributed by atoms with Gasteiger partial charge in [0.25, 0.3) is 0 Å². The highest BCUT2D eigenvalue weighted by Crippen LogP contribution is 2.36. The zero-order valence-corrected chi connectivity index (χ0v) is 16.3. The molecule has 0 radical (unpaired) electrons. The molecule has 0 aliphatic heterocycles. The number of aryl methyl sites for hydroxylation is 1. The summed E-state index contributed by atoms with van der Waals surface area (Å²) in [6, 6.07) is 28.5. The van der Waals surface area contributed by atoms with Crippen molar-refractivity contribution in [2.45, 2.75) is 33.2 Å². The fourth-order valence-corrected chi connectivity index (χ4v) is 5.31. The normalized spacial score (nSPS) is 11.6. The standard InChI is InChI=1S/C23H26NP/c1-18-15-16-22(21(17-18)24-23(2,3)4)25(19-11-7-5-8-12-19)20-13-9-6-10-14-20/h5-17,24H,1-4H3. The molecule has 0 aliphatic rings. The van der Waals surface area contributed by atoms with E-state index in [-0.39, 0.29) is 5.54 Å². The summed E-state index contributed by atoms with van der Waals surface area (Å²) >= 11 is 0. The first-order chi connectivity index (χ1) is 11.9. The molecule has 3 aromatic rings. The molecular weight excluding hydrogens is 321 g/mol. The second-order valence-electron chi connectivity index (χ2n) is 7.40. The average Bonchev–Trinajstić information content (AvgIpc) is 2.58. The van der Waals surface area contributed by atoms with Crippen molar-refractivity contribution in [2.75, 3.05) is 5.32 Å². The molecule has 0 spiro atoms. The van der Waals surface area contributed by atoms with Crippen LogP contribution in [0.2, 0.25) is 0 Å². The lowest BCUT2D eigenvalue weighted by atomic mass is 10.1. The van der Waals surface area contributed by atoms with Gasteiger partial charge >= 0.3 is 0 Å². The van der Waals surface area contributed by atoms with Gasteiger partial charge in [-0.2, -0.15) is 0 Å². The molecule has 0 saturated heterocycles. The summed E-state index contributed by atoms with van der Waals surface area (Å²) < 4.78 is 0. The highest BCUT2D eigenvalue weighted by atomic mass is 31.1. The molecule has 0 heterocycles. The highest BCUT2D eigenvalue weighted by molar-refractivity contribution is 7.80. The molecule has 1 nitrogen and oxygen atoms in total. The van der Waals surface area contributed by atoms with Crippen LogP contribution in [0.5, 0.6) is 0 Å². The minimum Gasteiger partial charge on any atom is -0.380 e. The van der Waals surface area contributed by atoms with E-state index in [9.17, 15) is 0 Å². The van der Waals surface area contributed by atoms with E-state index in [0.29, 0.717) is 0 Å². The number of anilines is 1. The van der Waals surface area contributed by atoms with Crippen LogP contribution < -0.4 is 21.2 Å². The van der Waals surface area contributed by atoms with Gasteiger partial charge in [0.15, 0.2) is 0 Å². The van der Waals surface area contributed by atoms with Crippen molar-refractivity contribution < 1.29 is 0 Å². The van der Waals surface area contributed by atoms with E-state index in [0.717, 1.165) is 0 Å². The third-order valence-electron chi connectivity index (χ3n) is 3.93. The van der Waals surface area contributed by atoms with Crippen molar-refractivity contribution >= 4 is 29.5 Å². The van der Waals surface area contributed by atoms with E-state index in [2.05, 4.69) is 112 Å². The molecule has 0 atom stereocenters. The first kappa shape index (κ1) is 17.7. The molecular formula is C23H26NP. The maximum absolute atomic E-state index is 3.73. The number of hydrogen-bond donors (Lipinski definition) is 1. The predicted molar refractivity (Wildman–Crippen MR) is 113 cm³/mol. The first-order valence-electron chi connectivity index (χ1n) is 8.73. The lowest BCUT2D eigenvalue weighted by Crippen LogP contribution is -2.31. The van der Waals surface area contributed by atoms with Gasteiger partial charge < -0.3 is 5.32 Å². The van der Waals surface area contributed by atoms with Gasteiger partial charge in [-0.3, -0.25) is 0 Å². The largest absolute Gasteiger partial charge is 0.380 e. The second-order valence-corrected chi connectivity index (χ2v) is 9.59. The molecule has 0 aromatic heterocycles. The monoisotopic (exact) mass is 347 g/mol. The van der Waals surface area contributed by atoms with Crippen LogP contribution in [0, 0.1) is 6.92 Å². The molecule has 0 amide bonds. The van der Waals surface area contributed by atoms with E-state index < -0.39 is 7.92 Å². The summed E-state index contributed by atoms with van der Waals surface area (Å²) in [5, 5.41) is 7.87. The Kier molecular flexibility index (Phi) is 5.25. The molecule has 3 rings (SSSR count). The van der Waals surface area contributed by atoms with Crippen molar-refractivity contribution in [3.63, 3.8) is 0 Å². The lowest BCUT2D eigenvalue weighted by Gasteiger charge is -2.28. The Bertz CT molecular complexity index is 780. The van der Waals surface area contributed by atoms with E-state index >= 15 is 0 Å². The highest BCUT2D eigenvalue weighted by Gasteiger charge is 2.21. The Labute approximate surface area is 152 Å². The van der Waals surface area contributed by atoms with Crippen molar-refractivity contribution in [1.82, 2.24) is 0 Å². The molecule has 0 unspecified atom stereocenters. The Hall–Kier alpha value is -2.11. The second kappa shape index (κ2) is 7.42. The Morgan fingerprint density at radius 2 is 1.24 bits per heavy atom. The van der Waals surface area contributed by atoms with Crippen LogP contribution in [0.25, 0.3) is 0 Å². The third-order valence-corrected chi connectivity index (χ3v) is 6.43. The van der Waals surface area contributed by atoms with E-state index in [4.69, 9.17) is 0 Å². The van der Waals surface area contributed by atoms with Crippen LogP contribution in [-0.4, -0.2) is 5.54 Å². The maximum Gasteiger partial charge on any atom is 0.0431 e. The van der Waals surface area contributed by atoms with Gasteiger partial charge in [0.2, 0.25) is 0 Å². The quantitative estimate of drug-likeness (QED) is 0.658. The van der Waals surface area contributed by atoms with Gasteiger partial charge in [-0.15, -0.1) is 0 Å². The Morgan fingerprint density at radius 1 is 0.720 bits per heavy atom. The van der Waals surface area contributed by atoms with Crippen LogP contribution in [0.1, 0.15) is 26.3 Å². The average molecular weight is 347 g/mol. The number of nitrogens with one attached hydrogen (secondary N) is 1. The molecule has 25 heavy (non-hydrogen) atoms. The summed E-state index contributed by atoms with van der Waals surface area (Å²) in [4.78, 5) is 0. The summed E-state index contributed by atoms with van der Waals surface area (Å²) in [6.45, 7) is 8.80. The fraction of sp³-hybridized carbons (Fsp3) is 0.217. The molecule has 1 N–H and O–H groups in total. The number of rotatable bonds is 4. The summed E-state index contributed by atoms with van der Waals surface area (Å²) in [7, 11) is -0.595. The Morgan fingerprint density at radius 3 is 1.72 bits per heavy atom. The molecule has 2 heteroatoms. The van der Waals surface area contributed by atoms with Crippen molar-refractivity contribution in [3.05, 3.63) is 84.4 Å². The lowest BCUT2D eigenvalue weighted by molar-refractivity contribution is 0.634. The summed E-state index contributed by atoms with van der Waals surface area (Å²) in [5.74, 6) is 0. The molecule has 0 fully saturated rings. The van der Waals surface area contributed by atoms with Gasteiger partial charge in [-0.1, -0.05) is 72.8 Å². The van der Waals surface area contributed by atoms with Crippen molar-refractivity contribution in [1.29, 1.82) is 0 Å². The molecule has 0 saturated carbocycles. The molecule has 128 valence electrons. The van der Waals surface area contributed by atoms with Gasteiger partial charge in [0.05, 0.1) is 0 Å². The topological polar surface area (TPSA) is 12.0 Å². The third kappa shape index (κ3) is 4.50. The van der Waals surface area contributed by atoms with E-state index in [1.165, 1.54) is 27.2 Å². The maximum atomic E-state index is 3.73. The molecule has 3 aromatic carbocycles. The predicted octanol–water partition coefficient (Wildman–Crippen LogP) is 4.96. The molecule has 0 bridgehead atoms. The minimum atomic E-state index is -0.595. The van der Waals surface area contributed by atoms with Gasteiger partial charge in [0.1, 0.15) is 0 Å². The van der Waals surface area contributed by atoms with Crippen LogP contribution in [-0.2, 0) is 0 Å². The van der Waals surface area contributed by atoms with Crippen LogP contribution >= 0.6 is 7.92 Å². The van der Waals surface area contributed by atoms with Crippen molar-refractivity contribution in [3.8, 4) is 0 Å². The van der Waals surface area contributed by atoms with Crippen LogP contribution in [0.4, 0.5) is 5.69 Å². The van der Waals surface area contributed by atoms with E-state index in [1.54, 1.807) is 0 Å². The van der Waals surface area contributed by atoms with Gasteiger partial charge in [-0.25, -0.2) is 0 Å². The van der Waals surface area contributed by atoms with Crippen LogP contribution in [0.3, 0.4) is 0 Å². The minimum absolute atomic E-state index is 0.0247. The fourth-order valence-electron chi connectivity index (χ4n) is 2.93. The zero-order chi connectivity index (χ0) is 17.9. The van der Waals surface area contributed by atoms with Crippen LogP contribution in [0.15, 0.2) is 78.9 Å². The number of benzene rings is 3. The van der Waals surface area contributed by atoms with Crippen molar-refractivity contribution in [2.24, 2.45) is 0 Å². The van der Waals surface area contributed by atoms with Gasteiger partial charge in [0, 0.05) is 16.5 Å². The molecule has 0 aliphatic carbocycles. The number of hydrogen-bond acceptors (Lipinski definition) is 1. The SMILES string of the molecule is Cc1ccc(P(c2ccccc2)c2ccccc2)c(NC(C)(C)C)c1. The van der Waals surface area contributed by atoms with Gasteiger partial charge in [-0.05, 0) is 57.9 Å². The summed E-state index contributed by atoms with van der Waals surface area (Å²) in [5.41, 5.74) is 2.55.